The smallest absolute Gasteiger partial charge is 0.148 e. The molecule has 0 radical (unpaired) electrons. The maximum Gasteiger partial charge on any atom is 0.148 e. The van der Waals surface area contributed by atoms with Crippen molar-refractivity contribution < 1.29 is 4.52 Å². The van der Waals surface area contributed by atoms with E-state index in [4.69, 9.17) is 4.52 Å². The number of hydrogen-bond donors (Lipinski definition) is 0. The lowest BCUT2D eigenvalue weighted by molar-refractivity contribution is 0.399. The summed E-state index contributed by atoms with van der Waals surface area (Å²) < 4.78 is 5.98. The van der Waals surface area contributed by atoms with E-state index in [1.807, 2.05) is 37.3 Å². The molecule has 1 heterocycles. The van der Waals surface area contributed by atoms with Gasteiger partial charge in [-0.15, -0.1) is 0 Å². The molecule has 0 aliphatic carbocycles. The fourth-order valence-electron chi connectivity index (χ4n) is 1.14. The van der Waals surface area contributed by atoms with E-state index < -0.39 is 0 Å². The van der Waals surface area contributed by atoms with Gasteiger partial charge in [-0.05, 0) is 22.9 Å². The number of rotatable bonds is 1. The van der Waals surface area contributed by atoms with Crippen molar-refractivity contribution in [3.05, 3.63) is 40.6 Å². The summed E-state index contributed by atoms with van der Waals surface area (Å²) in [5.74, 6) is 0.804. The van der Waals surface area contributed by atoms with Gasteiger partial charge in [0.05, 0.1) is 4.47 Å². The first-order chi connectivity index (χ1) is 6.29. The van der Waals surface area contributed by atoms with Crippen molar-refractivity contribution in [2.45, 2.75) is 6.92 Å². The van der Waals surface area contributed by atoms with Crippen LogP contribution in [0.3, 0.4) is 0 Å². The molecule has 0 saturated heterocycles. The zero-order valence-electron chi connectivity index (χ0n) is 7.12. The molecule has 0 N–H and O–H groups in total. The minimum Gasteiger partial charge on any atom is -0.360 e. The average Bonchev–Trinajstić information content (AvgIpc) is 2.49. The number of halogens is 1. The Bertz CT molecular complexity index is 408. The van der Waals surface area contributed by atoms with Gasteiger partial charge in [-0.25, -0.2) is 0 Å². The summed E-state index contributed by atoms with van der Waals surface area (Å²) in [6.07, 6.45) is 0. The first-order valence-electron chi connectivity index (χ1n) is 3.96. The second-order valence-electron chi connectivity index (χ2n) is 2.77. The summed E-state index contributed by atoms with van der Waals surface area (Å²) in [5.41, 5.74) is 1.92. The highest BCUT2D eigenvalue weighted by Crippen LogP contribution is 2.29. The monoisotopic (exact) mass is 237 g/mol. The molecule has 0 spiro atoms. The molecular weight excluding hydrogens is 230 g/mol. The number of aromatic nitrogens is 1. The molecule has 0 bridgehead atoms. The summed E-state index contributed by atoms with van der Waals surface area (Å²) in [7, 11) is 0. The molecule has 2 rings (SSSR count). The molecule has 0 fully saturated rings. The van der Waals surface area contributed by atoms with Gasteiger partial charge in [0.15, 0.2) is 0 Å². The Hall–Kier alpha value is -1.09. The third-order valence-electron chi connectivity index (χ3n) is 1.84. The third-order valence-corrected chi connectivity index (χ3v) is 2.77. The van der Waals surface area contributed by atoms with Crippen LogP contribution in [0.4, 0.5) is 0 Å². The molecule has 1 aromatic carbocycles. The van der Waals surface area contributed by atoms with E-state index in [0.717, 1.165) is 21.5 Å². The zero-order chi connectivity index (χ0) is 9.26. The van der Waals surface area contributed by atoms with Crippen LogP contribution in [-0.4, -0.2) is 5.16 Å². The fourth-order valence-corrected chi connectivity index (χ4v) is 1.51. The van der Waals surface area contributed by atoms with E-state index in [-0.39, 0.29) is 0 Å². The molecule has 13 heavy (non-hydrogen) atoms. The van der Waals surface area contributed by atoms with Gasteiger partial charge in [-0.2, -0.15) is 0 Å². The lowest BCUT2D eigenvalue weighted by Crippen LogP contribution is -1.76. The number of hydrogen-bond acceptors (Lipinski definition) is 2. The van der Waals surface area contributed by atoms with Crippen LogP contribution >= 0.6 is 15.9 Å². The highest BCUT2D eigenvalue weighted by molar-refractivity contribution is 9.10. The van der Waals surface area contributed by atoms with Crippen LogP contribution < -0.4 is 0 Å². The van der Waals surface area contributed by atoms with Gasteiger partial charge < -0.3 is 4.52 Å². The molecule has 0 amide bonds. The van der Waals surface area contributed by atoms with E-state index >= 15 is 0 Å². The van der Waals surface area contributed by atoms with Crippen molar-refractivity contribution in [3.8, 4) is 11.3 Å². The highest BCUT2D eigenvalue weighted by atomic mass is 79.9. The number of benzene rings is 1. The normalized spacial score (nSPS) is 10.3. The molecule has 2 aromatic rings. The second kappa shape index (κ2) is 3.34. The van der Waals surface area contributed by atoms with Gasteiger partial charge in [0.2, 0.25) is 0 Å². The quantitative estimate of drug-likeness (QED) is 0.760. The van der Waals surface area contributed by atoms with Crippen LogP contribution in [0.25, 0.3) is 11.3 Å². The lowest BCUT2D eigenvalue weighted by Gasteiger charge is -1.94. The summed E-state index contributed by atoms with van der Waals surface area (Å²) in [6, 6.07) is 9.94. The first-order valence-corrected chi connectivity index (χ1v) is 4.75. The summed E-state index contributed by atoms with van der Waals surface area (Å²) >= 11 is 3.43. The Morgan fingerprint density at radius 2 is 1.92 bits per heavy atom. The minimum atomic E-state index is 0.804. The molecule has 0 aliphatic heterocycles. The number of nitrogens with zero attached hydrogens (tertiary/aromatic N) is 1. The van der Waals surface area contributed by atoms with Crippen molar-refractivity contribution in [2.24, 2.45) is 0 Å². The number of aryl methyl sites for hydroxylation is 1. The van der Waals surface area contributed by atoms with Crippen LogP contribution in [0.2, 0.25) is 0 Å². The van der Waals surface area contributed by atoms with E-state index in [0.29, 0.717) is 0 Å². The van der Waals surface area contributed by atoms with Gasteiger partial charge in [-0.3, -0.25) is 0 Å². The summed E-state index contributed by atoms with van der Waals surface area (Å²) in [6.45, 7) is 1.88. The molecule has 1 aromatic heterocycles. The van der Waals surface area contributed by atoms with E-state index in [9.17, 15) is 0 Å². The molecule has 0 atom stereocenters. The van der Waals surface area contributed by atoms with Crippen LogP contribution in [0.1, 0.15) is 5.76 Å². The van der Waals surface area contributed by atoms with Gasteiger partial charge in [0, 0.05) is 5.56 Å². The molecule has 0 saturated carbocycles. The van der Waals surface area contributed by atoms with Crippen molar-refractivity contribution in [1.29, 1.82) is 0 Å². The standard InChI is InChI=1S/C10H8BrNO/c1-7-9(11)10(12-13-7)8-5-3-2-4-6-8/h2-6H,1H3. The SMILES string of the molecule is Cc1onc(-c2ccccc2)c1Br. The average molecular weight is 238 g/mol. The Labute approximate surface area is 84.7 Å². The van der Waals surface area contributed by atoms with Gasteiger partial charge in [0.25, 0.3) is 0 Å². The minimum absolute atomic E-state index is 0.804. The van der Waals surface area contributed by atoms with Crippen molar-refractivity contribution in [2.75, 3.05) is 0 Å². The van der Waals surface area contributed by atoms with Crippen LogP contribution in [0, 0.1) is 6.92 Å². The van der Waals surface area contributed by atoms with Crippen LogP contribution in [0.15, 0.2) is 39.3 Å². The Balaban J connectivity index is 2.53. The van der Waals surface area contributed by atoms with Gasteiger partial charge in [0.1, 0.15) is 11.5 Å². The Morgan fingerprint density at radius 3 is 2.46 bits per heavy atom. The second-order valence-corrected chi connectivity index (χ2v) is 3.56. The van der Waals surface area contributed by atoms with Gasteiger partial charge >= 0.3 is 0 Å². The molecule has 3 heteroatoms. The fraction of sp³-hybridized carbons (Fsp3) is 0.100. The molecule has 0 unspecified atom stereocenters. The van der Waals surface area contributed by atoms with Crippen LogP contribution in [-0.2, 0) is 0 Å². The van der Waals surface area contributed by atoms with E-state index in [1.54, 1.807) is 0 Å². The first kappa shape index (κ1) is 8.51. The largest absolute Gasteiger partial charge is 0.360 e. The highest BCUT2D eigenvalue weighted by Gasteiger charge is 2.10. The Kier molecular flexibility index (Phi) is 2.19. The molecule has 66 valence electrons. The molecule has 2 nitrogen and oxygen atoms in total. The maximum atomic E-state index is 5.05. The molecular formula is C10H8BrNO. The third kappa shape index (κ3) is 1.52. The summed E-state index contributed by atoms with van der Waals surface area (Å²) in [5, 5.41) is 3.96. The lowest BCUT2D eigenvalue weighted by atomic mass is 10.1. The van der Waals surface area contributed by atoms with Crippen molar-refractivity contribution in [1.82, 2.24) is 5.16 Å². The predicted octanol–water partition coefficient (Wildman–Crippen LogP) is 3.41. The van der Waals surface area contributed by atoms with Crippen molar-refractivity contribution in [3.63, 3.8) is 0 Å². The maximum absolute atomic E-state index is 5.05. The van der Waals surface area contributed by atoms with Crippen LogP contribution in [0.5, 0.6) is 0 Å². The van der Waals surface area contributed by atoms with E-state index in [2.05, 4.69) is 21.1 Å². The molecule has 0 aliphatic rings. The topological polar surface area (TPSA) is 26.0 Å². The van der Waals surface area contributed by atoms with Crippen molar-refractivity contribution >= 4 is 15.9 Å². The van der Waals surface area contributed by atoms with Gasteiger partial charge in [-0.1, -0.05) is 35.5 Å². The predicted molar refractivity (Wildman–Crippen MR) is 54.4 cm³/mol. The summed E-state index contributed by atoms with van der Waals surface area (Å²) in [4.78, 5) is 0. The van der Waals surface area contributed by atoms with E-state index in [1.165, 1.54) is 0 Å². The Morgan fingerprint density at radius 1 is 1.23 bits per heavy atom. The zero-order valence-corrected chi connectivity index (χ0v) is 8.71.